The van der Waals surface area contributed by atoms with Crippen LogP contribution in [0.25, 0.3) is 10.1 Å². The van der Waals surface area contributed by atoms with Gasteiger partial charge in [0.1, 0.15) is 0 Å². The number of nitrogens with zero attached hydrogens (tertiary/aromatic N) is 2. The summed E-state index contributed by atoms with van der Waals surface area (Å²) in [5.41, 5.74) is 7.11. The fourth-order valence-electron chi connectivity index (χ4n) is 5.74. The second-order valence-electron chi connectivity index (χ2n) is 9.06. The lowest BCUT2D eigenvalue weighted by Gasteiger charge is -2.43. The van der Waals surface area contributed by atoms with Crippen molar-refractivity contribution in [3.05, 3.63) is 127 Å². The van der Waals surface area contributed by atoms with E-state index >= 15 is 0 Å². The van der Waals surface area contributed by atoms with E-state index in [0.29, 0.717) is 11.2 Å². The highest BCUT2D eigenvalue weighted by atomic mass is 32.1. The first-order valence-corrected chi connectivity index (χ1v) is 12.8. The van der Waals surface area contributed by atoms with Crippen molar-refractivity contribution in [3.8, 4) is 0 Å². The molecule has 2 nitrogen and oxygen atoms in total. The zero-order valence-electron chi connectivity index (χ0n) is 23.2. The van der Waals surface area contributed by atoms with Gasteiger partial charge in [0.25, 0.3) is 6.71 Å². The second kappa shape index (κ2) is 7.61. The summed E-state index contributed by atoms with van der Waals surface area (Å²) in [6.45, 7) is -0.338. The van der Waals surface area contributed by atoms with Crippen molar-refractivity contribution in [2.24, 2.45) is 0 Å². The van der Waals surface area contributed by atoms with Gasteiger partial charge in [-0.25, -0.2) is 0 Å². The van der Waals surface area contributed by atoms with E-state index in [4.69, 9.17) is 4.11 Å². The van der Waals surface area contributed by atoms with Crippen LogP contribution in [0.5, 0.6) is 0 Å². The first-order chi connectivity index (χ1) is 19.6. The molecule has 2 aliphatic rings. The monoisotopic (exact) mass is 480 g/mol. The van der Waals surface area contributed by atoms with Crippen molar-refractivity contribution in [2.75, 3.05) is 9.80 Å². The Morgan fingerprint density at radius 1 is 0.611 bits per heavy atom. The van der Waals surface area contributed by atoms with E-state index in [1.807, 2.05) is 65.6 Å². The number of benzene rings is 5. The van der Waals surface area contributed by atoms with Crippen LogP contribution in [0.15, 0.2) is 127 Å². The maximum atomic E-state index is 9.20. The van der Waals surface area contributed by atoms with E-state index in [1.54, 1.807) is 11.3 Å². The first-order valence-electron chi connectivity index (χ1n) is 14.0. The minimum atomic E-state index is -0.338. The summed E-state index contributed by atoms with van der Waals surface area (Å²) >= 11 is 1.71. The number of fused-ring (bicyclic) bond motifs is 6. The van der Waals surface area contributed by atoms with E-state index in [-0.39, 0.29) is 30.9 Å². The molecule has 0 aliphatic carbocycles. The molecule has 0 saturated heterocycles. The molecule has 0 N–H and O–H groups in total. The molecular formula is C32H21BN2S. The Kier molecular flexibility index (Phi) is 3.47. The van der Waals surface area contributed by atoms with Crippen molar-refractivity contribution in [1.82, 2.24) is 0 Å². The van der Waals surface area contributed by atoms with Crippen LogP contribution in [0.2, 0.25) is 0 Å². The summed E-state index contributed by atoms with van der Waals surface area (Å²) in [6, 6.07) is 34.4. The highest BCUT2D eigenvalue weighted by molar-refractivity contribution is 7.33. The maximum Gasteiger partial charge on any atom is 0.264 e. The summed E-state index contributed by atoms with van der Waals surface area (Å²) in [6.07, 6.45) is 0. The van der Waals surface area contributed by atoms with Gasteiger partial charge in [-0.1, -0.05) is 78.8 Å². The van der Waals surface area contributed by atoms with Crippen molar-refractivity contribution < 1.29 is 5.48 Å². The molecule has 0 bridgehead atoms. The molecule has 0 radical (unpaired) electrons. The molecule has 4 heteroatoms. The van der Waals surface area contributed by atoms with Crippen molar-refractivity contribution in [2.45, 2.75) is 0 Å². The summed E-state index contributed by atoms with van der Waals surface area (Å²) in [5, 5.41) is 1.13. The fourth-order valence-corrected chi connectivity index (χ4v) is 7.05. The first kappa shape index (κ1) is 16.4. The van der Waals surface area contributed by atoms with Crippen LogP contribution < -0.4 is 25.5 Å². The van der Waals surface area contributed by atoms with Crippen molar-refractivity contribution >= 4 is 78.0 Å². The zero-order chi connectivity index (χ0) is 27.1. The number of hydrogen-bond donors (Lipinski definition) is 0. The van der Waals surface area contributed by atoms with Crippen LogP contribution in [-0.4, -0.2) is 6.71 Å². The summed E-state index contributed by atoms with van der Waals surface area (Å²) in [4.78, 5) is 4.34. The van der Waals surface area contributed by atoms with Crippen LogP contribution in [0, 0.1) is 0 Å². The lowest BCUT2D eigenvalue weighted by Crippen LogP contribution is -2.60. The highest BCUT2D eigenvalue weighted by Gasteiger charge is 2.44. The van der Waals surface area contributed by atoms with Gasteiger partial charge in [-0.15, -0.1) is 11.3 Å². The van der Waals surface area contributed by atoms with Gasteiger partial charge < -0.3 is 9.80 Å². The SMILES string of the molecule is [2H]c1c([2H])c([2H])c2c(c1[2H])B1c3sc4ccccc4c3N(c3ccccc3)c3cccc(c31)N2c1ccccc1. The average Bonchev–Trinajstić information content (AvgIpc) is 3.39. The largest absolute Gasteiger partial charge is 0.311 e. The standard InChI is InChI=1S/C32H21BN2S/c1-3-12-22(13-4-1)34-26-18-9-8-17-25(26)33-30-27(34)19-11-20-28(30)35(23-14-5-2-6-15-23)31-24-16-7-10-21-29(24)36-32(31)33/h1-21H/i8D,9D,17D,18D. The van der Waals surface area contributed by atoms with E-state index in [9.17, 15) is 1.37 Å². The minimum absolute atomic E-state index is 0.0129. The van der Waals surface area contributed by atoms with E-state index < -0.39 is 0 Å². The quantitative estimate of drug-likeness (QED) is 0.246. The molecular weight excluding hydrogens is 455 g/mol. The molecule has 0 atom stereocenters. The Hall–Kier alpha value is -4.28. The van der Waals surface area contributed by atoms with Crippen LogP contribution in [-0.2, 0) is 0 Å². The smallest absolute Gasteiger partial charge is 0.264 e. The van der Waals surface area contributed by atoms with Gasteiger partial charge in [-0.05, 0) is 59.4 Å². The molecule has 0 unspecified atom stereocenters. The van der Waals surface area contributed by atoms with Gasteiger partial charge in [-0.2, -0.15) is 0 Å². The van der Waals surface area contributed by atoms with Gasteiger partial charge in [0.05, 0.1) is 11.2 Å². The summed E-state index contributed by atoms with van der Waals surface area (Å²) in [7, 11) is 0. The molecule has 0 saturated carbocycles. The molecule has 168 valence electrons. The number of rotatable bonds is 2. The van der Waals surface area contributed by atoms with Gasteiger partial charge >= 0.3 is 0 Å². The fraction of sp³-hybridized carbons (Fsp3) is 0. The Morgan fingerprint density at radius 2 is 1.25 bits per heavy atom. The zero-order valence-corrected chi connectivity index (χ0v) is 20.0. The minimum Gasteiger partial charge on any atom is -0.311 e. The Labute approximate surface area is 220 Å². The number of anilines is 6. The second-order valence-corrected chi connectivity index (χ2v) is 10.1. The van der Waals surface area contributed by atoms with Crippen LogP contribution in [0.1, 0.15) is 5.48 Å². The topological polar surface area (TPSA) is 6.48 Å². The van der Waals surface area contributed by atoms with Gasteiger partial charge in [0.15, 0.2) is 0 Å². The predicted octanol–water partition coefficient (Wildman–Crippen LogP) is 6.98. The van der Waals surface area contributed by atoms with E-state index in [0.717, 1.165) is 48.8 Å². The third kappa shape index (κ3) is 2.68. The maximum absolute atomic E-state index is 9.20. The van der Waals surface area contributed by atoms with Crippen LogP contribution in [0.3, 0.4) is 0 Å². The average molecular weight is 480 g/mol. The normalized spacial score (nSPS) is 14.9. The number of hydrogen-bond acceptors (Lipinski definition) is 3. The molecule has 5 aromatic carbocycles. The third-order valence-corrected chi connectivity index (χ3v) is 8.37. The van der Waals surface area contributed by atoms with Gasteiger partial charge in [-0.3, -0.25) is 0 Å². The van der Waals surface area contributed by atoms with E-state index in [2.05, 4.69) is 47.4 Å². The lowest BCUT2D eigenvalue weighted by atomic mass is 9.36. The summed E-state index contributed by atoms with van der Waals surface area (Å²) < 4.78 is 37.8. The van der Waals surface area contributed by atoms with Gasteiger partial charge in [0, 0.05) is 43.3 Å². The summed E-state index contributed by atoms with van der Waals surface area (Å²) in [5.74, 6) is 0. The van der Waals surface area contributed by atoms with E-state index in [1.165, 1.54) is 0 Å². The molecule has 0 fully saturated rings. The molecule has 36 heavy (non-hydrogen) atoms. The molecule has 1 aromatic heterocycles. The molecule has 0 spiro atoms. The van der Waals surface area contributed by atoms with Crippen molar-refractivity contribution in [3.63, 3.8) is 0 Å². The molecule has 6 aromatic rings. The van der Waals surface area contributed by atoms with Gasteiger partial charge in [0.2, 0.25) is 0 Å². The van der Waals surface area contributed by atoms with Crippen LogP contribution in [0.4, 0.5) is 34.1 Å². The molecule has 2 aliphatic heterocycles. The Bertz CT molecular complexity index is 1980. The lowest BCUT2D eigenvalue weighted by molar-refractivity contribution is 1.26. The molecule has 0 amide bonds. The Morgan fingerprint density at radius 3 is 2.03 bits per heavy atom. The predicted molar refractivity (Wildman–Crippen MR) is 156 cm³/mol. The Balaban J connectivity index is 1.56. The molecule has 3 heterocycles. The van der Waals surface area contributed by atoms with Crippen LogP contribution >= 0.6 is 11.3 Å². The number of thiophene rings is 1. The van der Waals surface area contributed by atoms with Crippen molar-refractivity contribution in [1.29, 1.82) is 0 Å². The third-order valence-electron chi connectivity index (χ3n) is 7.15. The number of para-hydroxylation sites is 3. The highest BCUT2D eigenvalue weighted by Crippen LogP contribution is 2.47. The molecule has 8 rings (SSSR count).